The fourth-order valence-corrected chi connectivity index (χ4v) is 2.91. The zero-order valence-corrected chi connectivity index (χ0v) is 17.4. The van der Waals surface area contributed by atoms with Gasteiger partial charge in [0.1, 0.15) is 28.8 Å². The molecule has 2 aromatic heterocycles. The van der Waals surface area contributed by atoms with Crippen molar-refractivity contribution in [3.63, 3.8) is 0 Å². The van der Waals surface area contributed by atoms with Crippen LogP contribution in [0, 0.1) is 5.82 Å². The van der Waals surface area contributed by atoms with Gasteiger partial charge in [0.05, 0.1) is 5.69 Å². The quantitative estimate of drug-likeness (QED) is 0.323. The molecule has 0 bridgehead atoms. The second-order valence-corrected chi connectivity index (χ2v) is 7.05. The molecule has 6 nitrogen and oxygen atoms in total. The molecule has 0 saturated heterocycles. The number of nitrogens with two attached hydrogens (primary N) is 1. The average Bonchev–Trinajstić information content (AvgIpc) is 2.79. The molecule has 172 valence electrons. The van der Waals surface area contributed by atoms with Crippen molar-refractivity contribution in [2.24, 2.45) is 0 Å². The Kier molecular flexibility index (Phi) is 6.39. The van der Waals surface area contributed by atoms with Crippen LogP contribution in [0.2, 0.25) is 0 Å². The maximum absolute atomic E-state index is 13.0. The lowest BCUT2D eigenvalue weighted by Crippen LogP contribution is -2.07. The number of nitrogen functional groups attached to an aromatic ring is 1. The number of nitrogens with one attached hydrogen (secondary N) is 1. The van der Waals surface area contributed by atoms with Crippen LogP contribution in [0.4, 0.5) is 35.0 Å². The smallest absolute Gasteiger partial charge is 0.433 e. The molecule has 0 spiro atoms. The van der Waals surface area contributed by atoms with Crippen LogP contribution < -0.4 is 15.8 Å². The Morgan fingerprint density at radius 3 is 2.29 bits per heavy atom. The molecular weight excluding hydrogens is 450 g/mol. The van der Waals surface area contributed by atoms with Crippen LogP contribution in [0.5, 0.6) is 11.5 Å². The van der Waals surface area contributed by atoms with Crippen molar-refractivity contribution in [1.29, 1.82) is 0 Å². The predicted octanol–water partition coefficient (Wildman–Crippen LogP) is 6.32. The molecule has 0 amide bonds. The summed E-state index contributed by atoms with van der Waals surface area (Å²) in [7, 11) is 0. The van der Waals surface area contributed by atoms with E-state index in [1.807, 2.05) is 0 Å². The van der Waals surface area contributed by atoms with Crippen LogP contribution >= 0.6 is 0 Å². The maximum Gasteiger partial charge on any atom is 0.433 e. The molecule has 0 saturated carbocycles. The van der Waals surface area contributed by atoms with Gasteiger partial charge in [-0.25, -0.2) is 9.37 Å². The number of rotatable bonds is 6. The van der Waals surface area contributed by atoms with Crippen LogP contribution in [0.1, 0.15) is 17.0 Å². The highest BCUT2D eigenvalue weighted by molar-refractivity contribution is 5.70. The normalized spacial score (nSPS) is 11.5. The Labute approximate surface area is 191 Å². The number of anilines is 3. The van der Waals surface area contributed by atoms with E-state index in [2.05, 4.69) is 20.3 Å². The summed E-state index contributed by atoms with van der Waals surface area (Å²) in [4.78, 5) is 11.6. The summed E-state index contributed by atoms with van der Waals surface area (Å²) in [6, 6.07) is 16.4. The topological polar surface area (TPSA) is 86.0 Å². The van der Waals surface area contributed by atoms with Crippen LogP contribution in [-0.4, -0.2) is 15.0 Å². The first-order valence-electron chi connectivity index (χ1n) is 9.91. The summed E-state index contributed by atoms with van der Waals surface area (Å²) in [6.45, 7) is 0. The first kappa shape index (κ1) is 22.7. The minimum atomic E-state index is -4.56. The Bertz CT molecular complexity index is 1310. The van der Waals surface area contributed by atoms with Crippen LogP contribution in [-0.2, 0) is 6.18 Å². The van der Waals surface area contributed by atoms with Gasteiger partial charge in [-0.05, 0) is 54.1 Å². The molecule has 2 aromatic carbocycles. The van der Waals surface area contributed by atoms with Gasteiger partial charge in [0.15, 0.2) is 0 Å². The fraction of sp³-hybridized carbons (Fsp3) is 0.0417. The van der Waals surface area contributed by atoms with Crippen molar-refractivity contribution in [3.05, 3.63) is 95.7 Å². The van der Waals surface area contributed by atoms with Crippen molar-refractivity contribution >= 4 is 29.6 Å². The summed E-state index contributed by atoms with van der Waals surface area (Å²) in [5, 5.41) is 3.08. The first-order valence-corrected chi connectivity index (χ1v) is 9.91. The van der Waals surface area contributed by atoms with Crippen molar-refractivity contribution in [1.82, 2.24) is 15.0 Å². The summed E-state index contributed by atoms with van der Waals surface area (Å²) in [5.41, 5.74) is 6.74. The van der Waals surface area contributed by atoms with Gasteiger partial charge in [0.25, 0.3) is 0 Å². The van der Waals surface area contributed by atoms with E-state index in [0.29, 0.717) is 22.9 Å². The molecule has 0 aliphatic carbocycles. The van der Waals surface area contributed by atoms with Gasteiger partial charge in [0.2, 0.25) is 5.95 Å². The first-order chi connectivity index (χ1) is 16.2. The number of benzene rings is 2. The van der Waals surface area contributed by atoms with Crippen molar-refractivity contribution < 1.29 is 22.3 Å². The van der Waals surface area contributed by atoms with Gasteiger partial charge < -0.3 is 15.8 Å². The standard InChI is InChI=1S/C24H17F4N5O/c25-16-4-1-15(2-5-16)3-6-18-13-22(33-23(29)32-18)31-17-7-9-19(10-8-17)34-20-11-12-30-21(14-20)24(26,27)28/h1-14H,(H3,29,31,32,33)/b6-3+. The fourth-order valence-electron chi connectivity index (χ4n) is 2.91. The molecule has 4 aromatic rings. The van der Waals surface area contributed by atoms with Crippen LogP contribution in [0.15, 0.2) is 72.9 Å². The minimum Gasteiger partial charge on any atom is -0.457 e. The van der Waals surface area contributed by atoms with Crippen molar-refractivity contribution in [2.45, 2.75) is 6.18 Å². The number of nitrogens with zero attached hydrogens (tertiary/aromatic N) is 3. The lowest BCUT2D eigenvalue weighted by Gasteiger charge is -2.10. The van der Waals surface area contributed by atoms with E-state index in [9.17, 15) is 17.6 Å². The zero-order valence-electron chi connectivity index (χ0n) is 17.4. The van der Waals surface area contributed by atoms with E-state index in [1.54, 1.807) is 54.6 Å². The monoisotopic (exact) mass is 467 g/mol. The second kappa shape index (κ2) is 9.57. The van der Waals surface area contributed by atoms with E-state index in [0.717, 1.165) is 17.8 Å². The number of hydrogen-bond acceptors (Lipinski definition) is 6. The average molecular weight is 467 g/mol. The largest absolute Gasteiger partial charge is 0.457 e. The second-order valence-electron chi connectivity index (χ2n) is 7.05. The van der Waals surface area contributed by atoms with Gasteiger partial charge in [-0.2, -0.15) is 18.2 Å². The maximum atomic E-state index is 13.0. The number of aromatic nitrogens is 3. The molecule has 2 heterocycles. The van der Waals surface area contributed by atoms with E-state index in [1.165, 1.54) is 18.2 Å². The van der Waals surface area contributed by atoms with E-state index in [-0.39, 0.29) is 17.5 Å². The molecule has 10 heteroatoms. The number of alkyl halides is 3. The number of halogens is 4. The highest BCUT2D eigenvalue weighted by atomic mass is 19.4. The lowest BCUT2D eigenvalue weighted by molar-refractivity contribution is -0.141. The Morgan fingerprint density at radius 2 is 1.59 bits per heavy atom. The molecular formula is C24H17F4N5O. The highest BCUT2D eigenvalue weighted by Crippen LogP contribution is 2.31. The van der Waals surface area contributed by atoms with E-state index in [4.69, 9.17) is 10.5 Å². The van der Waals surface area contributed by atoms with Gasteiger partial charge in [-0.3, -0.25) is 4.98 Å². The summed E-state index contributed by atoms with van der Waals surface area (Å²) < 4.78 is 57.0. The third kappa shape index (κ3) is 6.06. The minimum absolute atomic E-state index is 0.0178. The molecule has 0 radical (unpaired) electrons. The SMILES string of the molecule is Nc1nc(/C=C/c2ccc(F)cc2)cc(Nc2ccc(Oc3ccnc(C(F)(F)F)c3)cc2)n1. The van der Waals surface area contributed by atoms with Crippen LogP contribution in [0.3, 0.4) is 0 Å². The molecule has 4 rings (SSSR count). The summed E-state index contributed by atoms with van der Waals surface area (Å²) in [5.74, 6) is 0.531. The Morgan fingerprint density at radius 1 is 0.853 bits per heavy atom. The summed E-state index contributed by atoms with van der Waals surface area (Å²) in [6.07, 6.45) is -0.0347. The summed E-state index contributed by atoms with van der Waals surface area (Å²) >= 11 is 0. The Balaban J connectivity index is 1.44. The van der Waals surface area contributed by atoms with Gasteiger partial charge in [0, 0.05) is 24.0 Å². The lowest BCUT2D eigenvalue weighted by atomic mass is 10.2. The molecule has 34 heavy (non-hydrogen) atoms. The van der Waals surface area contributed by atoms with Gasteiger partial charge >= 0.3 is 6.18 Å². The zero-order chi connectivity index (χ0) is 24.1. The highest BCUT2D eigenvalue weighted by Gasteiger charge is 2.32. The number of hydrogen-bond donors (Lipinski definition) is 2. The number of ether oxygens (including phenoxy) is 1. The molecule has 0 unspecified atom stereocenters. The van der Waals surface area contributed by atoms with Crippen molar-refractivity contribution in [2.75, 3.05) is 11.1 Å². The predicted molar refractivity (Wildman–Crippen MR) is 121 cm³/mol. The third-order valence-corrected chi connectivity index (χ3v) is 4.46. The van der Waals surface area contributed by atoms with Crippen molar-refractivity contribution in [3.8, 4) is 11.5 Å². The Hall–Kier alpha value is -4.47. The van der Waals surface area contributed by atoms with E-state index >= 15 is 0 Å². The van der Waals surface area contributed by atoms with E-state index < -0.39 is 11.9 Å². The molecule has 0 fully saturated rings. The number of pyridine rings is 1. The third-order valence-electron chi connectivity index (χ3n) is 4.46. The van der Waals surface area contributed by atoms with Gasteiger partial charge in [-0.1, -0.05) is 18.2 Å². The molecule has 0 atom stereocenters. The molecule has 0 aliphatic rings. The van der Waals surface area contributed by atoms with Crippen LogP contribution in [0.25, 0.3) is 12.2 Å². The molecule has 0 aliphatic heterocycles. The molecule has 3 N–H and O–H groups in total. The van der Waals surface area contributed by atoms with Gasteiger partial charge in [-0.15, -0.1) is 0 Å².